The van der Waals surface area contributed by atoms with Gasteiger partial charge in [0.15, 0.2) is 0 Å². The minimum absolute atomic E-state index is 0.119. The van der Waals surface area contributed by atoms with Gasteiger partial charge in [-0.25, -0.2) is 9.97 Å². The second kappa shape index (κ2) is 6.66. The van der Waals surface area contributed by atoms with Gasteiger partial charge in [-0.15, -0.1) is 0 Å². The Morgan fingerprint density at radius 1 is 1.33 bits per heavy atom. The van der Waals surface area contributed by atoms with Crippen LogP contribution in [-0.2, 0) is 4.74 Å². The average Bonchev–Trinajstić information content (AvgIpc) is 2.39. The fourth-order valence-corrected chi connectivity index (χ4v) is 1.69. The van der Waals surface area contributed by atoms with Gasteiger partial charge in [0, 0.05) is 19.2 Å². The van der Waals surface area contributed by atoms with Crippen LogP contribution in [0.15, 0.2) is 12.4 Å². The van der Waals surface area contributed by atoms with Crippen LogP contribution in [0.5, 0.6) is 5.88 Å². The van der Waals surface area contributed by atoms with Crippen molar-refractivity contribution >= 4 is 0 Å². The number of nitrogens with one attached hydrogen (secondary N) is 1. The number of rotatable bonds is 7. The molecule has 0 aromatic carbocycles. The normalized spacial score (nSPS) is 13.4. The molecule has 0 spiro atoms. The highest BCUT2D eigenvalue weighted by Gasteiger charge is 2.20. The molecule has 1 aromatic rings. The molecule has 1 N–H and O–H groups in total. The van der Waals surface area contributed by atoms with Gasteiger partial charge < -0.3 is 14.8 Å². The summed E-state index contributed by atoms with van der Waals surface area (Å²) < 4.78 is 10.5. The first-order valence-electron chi connectivity index (χ1n) is 6.10. The fourth-order valence-electron chi connectivity index (χ4n) is 1.69. The van der Waals surface area contributed by atoms with Crippen molar-refractivity contribution in [3.8, 4) is 5.88 Å². The predicted octanol–water partition coefficient (Wildman–Crippen LogP) is 1.95. The number of ether oxygens (including phenoxy) is 2. The van der Waals surface area contributed by atoms with E-state index < -0.39 is 0 Å². The SMILES string of the molecule is CNC(CCC(C)(C)OC)c1cc(OC)ncn1. The molecule has 5 nitrogen and oxygen atoms in total. The van der Waals surface area contributed by atoms with Crippen LogP contribution < -0.4 is 10.1 Å². The molecule has 1 unspecified atom stereocenters. The molecule has 1 atom stereocenters. The van der Waals surface area contributed by atoms with Crippen molar-refractivity contribution < 1.29 is 9.47 Å². The molecular weight excluding hydrogens is 230 g/mol. The summed E-state index contributed by atoms with van der Waals surface area (Å²) in [5.41, 5.74) is 0.822. The zero-order valence-corrected chi connectivity index (χ0v) is 11.9. The van der Waals surface area contributed by atoms with Crippen molar-refractivity contribution in [2.24, 2.45) is 0 Å². The maximum Gasteiger partial charge on any atom is 0.216 e. The molecule has 0 aliphatic carbocycles. The maximum atomic E-state index is 5.43. The number of aromatic nitrogens is 2. The second-order valence-electron chi connectivity index (χ2n) is 4.83. The van der Waals surface area contributed by atoms with Crippen LogP contribution in [0.1, 0.15) is 38.4 Å². The topological polar surface area (TPSA) is 56.3 Å². The molecule has 0 fully saturated rings. The third-order valence-corrected chi connectivity index (χ3v) is 3.17. The lowest BCUT2D eigenvalue weighted by Gasteiger charge is -2.25. The predicted molar refractivity (Wildman–Crippen MR) is 70.7 cm³/mol. The monoisotopic (exact) mass is 253 g/mol. The molecule has 5 heteroatoms. The quantitative estimate of drug-likeness (QED) is 0.805. The number of methoxy groups -OCH3 is 2. The van der Waals surface area contributed by atoms with Gasteiger partial charge in [0.25, 0.3) is 0 Å². The van der Waals surface area contributed by atoms with Gasteiger partial charge in [-0.2, -0.15) is 0 Å². The van der Waals surface area contributed by atoms with Crippen molar-refractivity contribution in [1.29, 1.82) is 0 Å². The minimum Gasteiger partial charge on any atom is -0.481 e. The van der Waals surface area contributed by atoms with E-state index in [1.165, 1.54) is 6.33 Å². The Kier molecular flexibility index (Phi) is 5.50. The lowest BCUT2D eigenvalue weighted by atomic mass is 9.97. The summed E-state index contributed by atoms with van der Waals surface area (Å²) in [5, 5.41) is 3.26. The highest BCUT2D eigenvalue weighted by atomic mass is 16.5. The molecule has 1 heterocycles. The summed E-state index contributed by atoms with van der Waals surface area (Å²) in [7, 11) is 5.27. The van der Waals surface area contributed by atoms with E-state index in [4.69, 9.17) is 9.47 Å². The summed E-state index contributed by atoms with van der Waals surface area (Å²) >= 11 is 0. The van der Waals surface area contributed by atoms with Crippen LogP contribution in [0, 0.1) is 0 Å². The van der Waals surface area contributed by atoms with Gasteiger partial charge in [0.2, 0.25) is 5.88 Å². The van der Waals surface area contributed by atoms with Gasteiger partial charge >= 0.3 is 0 Å². The number of hydrogen-bond donors (Lipinski definition) is 1. The van der Waals surface area contributed by atoms with Crippen molar-refractivity contribution in [2.75, 3.05) is 21.3 Å². The van der Waals surface area contributed by atoms with Crippen molar-refractivity contribution in [1.82, 2.24) is 15.3 Å². The van der Waals surface area contributed by atoms with E-state index >= 15 is 0 Å². The molecule has 0 bridgehead atoms. The Balaban J connectivity index is 2.70. The van der Waals surface area contributed by atoms with Gasteiger partial charge in [-0.05, 0) is 33.7 Å². The Hall–Kier alpha value is -1.20. The Labute approximate surface area is 109 Å². The summed E-state index contributed by atoms with van der Waals surface area (Å²) in [6.45, 7) is 4.17. The molecule has 0 aliphatic rings. The molecule has 0 saturated carbocycles. The summed E-state index contributed by atoms with van der Waals surface area (Å²) in [4.78, 5) is 8.30. The van der Waals surface area contributed by atoms with Crippen molar-refractivity contribution in [2.45, 2.75) is 38.3 Å². The third kappa shape index (κ3) is 4.23. The molecule has 1 rings (SSSR count). The Bertz CT molecular complexity index is 369. The van der Waals surface area contributed by atoms with Gasteiger partial charge in [0.05, 0.1) is 18.4 Å². The summed E-state index contributed by atoms with van der Waals surface area (Å²) in [6.07, 6.45) is 3.42. The highest BCUT2D eigenvalue weighted by molar-refractivity contribution is 5.16. The molecule has 18 heavy (non-hydrogen) atoms. The lowest BCUT2D eigenvalue weighted by Crippen LogP contribution is -2.26. The first-order chi connectivity index (χ1) is 8.52. The van der Waals surface area contributed by atoms with E-state index in [-0.39, 0.29) is 11.6 Å². The van der Waals surface area contributed by atoms with E-state index in [0.29, 0.717) is 5.88 Å². The summed E-state index contributed by atoms with van der Waals surface area (Å²) in [6, 6.07) is 2.04. The molecule has 0 saturated heterocycles. The first kappa shape index (κ1) is 14.9. The van der Waals surface area contributed by atoms with Crippen LogP contribution in [0.2, 0.25) is 0 Å². The molecule has 0 aliphatic heterocycles. The molecule has 102 valence electrons. The smallest absolute Gasteiger partial charge is 0.216 e. The van der Waals surface area contributed by atoms with Crippen LogP contribution in [0.25, 0.3) is 0 Å². The van der Waals surface area contributed by atoms with Gasteiger partial charge in [-0.1, -0.05) is 0 Å². The fraction of sp³-hybridized carbons (Fsp3) is 0.692. The van der Waals surface area contributed by atoms with E-state index in [1.807, 2.05) is 13.1 Å². The van der Waals surface area contributed by atoms with Crippen LogP contribution in [-0.4, -0.2) is 36.8 Å². The second-order valence-corrected chi connectivity index (χ2v) is 4.83. The standard InChI is InChI=1S/C13H23N3O2/c1-13(2,18-5)7-6-10(14-3)11-8-12(17-4)16-9-15-11/h8-10,14H,6-7H2,1-5H3. The molecule has 0 amide bonds. The van der Waals surface area contributed by atoms with Crippen molar-refractivity contribution in [3.63, 3.8) is 0 Å². The summed E-state index contributed by atoms with van der Waals surface area (Å²) in [5.74, 6) is 0.589. The highest BCUT2D eigenvalue weighted by Crippen LogP contribution is 2.24. The van der Waals surface area contributed by atoms with Crippen LogP contribution in [0.3, 0.4) is 0 Å². The Morgan fingerprint density at radius 2 is 2.06 bits per heavy atom. The largest absolute Gasteiger partial charge is 0.481 e. The van der Waals surface area contributed by atoms with Gasteiger partial charge in [-0.3, -0.25) is 0 Å². The number of nitrogens with zero attached hydrogens (tertiary/aromatic N) is 2. The average molecular weight is 253 g/mol. The zero-order chi connectivity index (χ0) is 13.6. The van der Waals surface area contributed by atoms with E-state index in [0.717, 1.165) is 18.5 Å². The zero-order valence-electron chi connectivity index (χ0n) is 11.9. The van der Waals surface area contributed by atoms with Crippen molar-refractivity contribution in [3.05, 3.63) is 18.1 Å². The van der Waals surface area contributed by atoms with E-state index in [1.54, 1.807) is 14.2 Å². The van der Waals surface area contributed by atoms with E-state index in [2.05, 4.69) is 29.1 Å². The molecular formula is C13H23N3O2. The number of hydrogen-bond acceptors (Lipinski definition) is 5. The van der Waals surface area contributed by atoms with E-state index in [9.17, 15) is 0 Å². The molecule has 1 aromatic heterocycles. The lowest BCUT2D eigenvalue weighted by molar-refractivity contribution is 0.0117. The maximum absolute atomic E-state index is 5.43. The van der Waals surface area contributed by atoms with Crippen LogP contribution >= 0.6 is 0 Å². The molecule has 0 radical (unpaired) electrons. The third-order valence-electron chi connectivity index (χ3n) is 3.17. The first-order valence-corrected chi connectivity index (χ1v) is 6.10. The Morgan fingerprint density at radius 3 is 2.61 bits per heavy atom. The minimum atomic E-state index is -0.119. The van der Waals surface area contributed by atoms with Crippen LogP contribution in [0.4, 0.5) is 0 Å². The van der Waals surface area contributed by atoms with Gasteiger partial charge in [0.1, 0.15) is 6.33 Å².